The lowest BCUT2D eigenvalue weighted by atomic mass is 10.2. The highest BCUT2D eigenvalue weighted by Crippen LogP contribution is 2.21. The fourth-order valence-corrected chi connectivity index (χ4v) is 3.35. The Labute approximate surface area is 192 Å². The van der Waals surface area contributed by atoms with Crippen LogP contribution >= 0.6 is 0 Å². The minimum absolute atomic E-state index is 0.0560. The number of nitrogens with zero attached hydrogens (tertiary/aromatic N) is 4. The van der Waals surface area contributed by atoms with Crippen LogP contribution in [0.2, 0.25) is 0 Å². The number of H-pyrrole nitrogens is 1. The van der Waals surface area contributed by atoms with Crippen LogP contribution in [-0.2, 0) is 11.2 Å². The average molecular weight is 463 g/mol. The van der Waals surface area contributed by atoms with Crippen LogP contribution in [0.15, 0.2) is 57.8 Å². The summed E-state index contributed by atoms with van der Waals surface area (Å²) < 4.78 is 5.19. The van der Waals surface area contributed by atoms with E-state index in [4.69, 9.17) is 4.52 Å². The summed E-state index contributed by atoms with van der Waals surface area (Å²) in [4.78, 5) is 38.6. The lowest BCUT2D eigenvalue weighted by Gasteiger charge is -2.09. The molecule has 0 saturated carbocycles. The lowest BCUT2D eigenvalue weighted by Crippen LogP contribution is -2.29. The molecule has 2 heterocycles. The number of amides is 1. The molecular weight excluding hydrogens is 442 g/mol. The zero-order valence-corrected chi connectivity index (χ0v) is 18.0. The molecule has 3 N–H and O–H groups in total. The molecule has 0 aliphatic carbocycles. The predicted octanol–water partition coefficient (Wildman–Crippen LogP) is 2.43. The second-order valence-electron chi connectivity index (χ2n) is 7.40. The number of aromatic nitrogens is 4. The topological polar surface area (TPSA) is 169 Å². The number of hydrogen-bond donors (Lipinski definition) is 3. The van der Waals surface area contributed by atoms with Crippen LogP contribution in [0.1, 0.15) is 18.7 Å². The summed E-state index contributed by atoms with van der Waals surface area (Å²) in [5.74, 6) is 1.03. The van der Waals surface area contributed by atoms with Crippen molar-refractivity contribution in [3.05, 3.63) is 74.9 Å². The Morgan fingerprint density at radius 3 is 2.76 bits per heavy atom. The molecule has 0 atom stereocenters. The van der Waals surface area contributed by atoms with Gasteiger partial charge in [-0.25, -0.2) is 5.10 Å². The van der Waals surface area contributed by atoms with E-state index < -0.39 is 4.92 Å². The summed E-state index contributed by atoms with van der Waals surface area (Å²) in [6, 6.07) is 13.1. The smallest absolute Gasteiger partial charge is 0.272 e. The number of aromatic amines is 1. The van der Waals surface area contributed by atoms with E-state index >= 15 is 0 Å². The predicted molar refractivity (Wildman–Crippen MR) is 123 cm³/mol. The Kier molecular flexibility index (Phi) is 6.87. The maximum atomic E-state index is 12.1. The van der Waals surface area contributed by atoms with Crippen molar-refractivity contribution in [2.24, 2.45) is 0 Å². The number of hydrogen-bond acceptors (Lipinski definition) is 9. The lowest BCUT2D eigenvalue weighted by molar-refractivity contribution is -0.384. The fourth-order valence-electron chi connectivity index (χ4n) is 3.35. The highest BCUT2D eigenvalue weighted by molar-refractivity contribution is 5.90. The minimum atomic E-state index is -0.488. The monoisotopic (exact) mass is 463 g/mol. The molecule has 0 saturated heterocycles. The maximum absolute atomic E-state index is 12.1. The van der Waals surface area contributed by atoms with Crippen LogP contribution in [0.3, 0.4) is 0 Å². The van der Waals surface area contributed by atoms with E-state index in [1.807, 2.05) is 6.07 Å². The van der Waals surface area contributed by atoms with Crippen LogP contribution in [0.25, 0.3) is 22.2 Å². The highest BCUT2D eigenvalue weighted by atomic mass is 16.6. The van der Waals surface area contributed by atoms with Crippen LogP contribution in [0.4, 0.5) is 11.5 Å². The van der Waals surface area contributed by atoms with Crippen molar-refractivity contribution in [2.75, 3.05) is 18.4 Å². The normalized spacial score (nSPS) is 10.8. The standard InChI is InChI=1S/C22H21N7O5/c30-18(23-11-12-24-21-16-7-1-2-8-17(16)22(31)27-26-21)9-4-10-19-25-20(28-34-19)14-5-3-6-15(13-14)29(32)33/h1-3,5-8,13H,4,9-12H2,(H,23,30)(H,24,26)(H,27,31). The molecule has 4 rings (SSSR count). The summed E-state index contributed by atoms with van der Waals surface area (Å²) in [5.41, 5.74) is 0.173. The number of carbonyl (C=O) groups excluding carboxylic acids is 1. The van der Waals surface area contributed by atoms with Gasteiger partial charge in [0.1, 0.15) is 0 Å². The molecule has 2 aromatic carbocycles. The number of benzene rings is 2. The number of carbonyl (C=O) groups is 1. The first-order chi connectivity index (χ1) is 16.5. The van der Waals surface area contributed by atoms with Gasteiger partial charge in [-0.05, 0) is 12.5 Å². The zero-order chi connectivity index (χ0) is 23.9. The molecule has 4 aromatic rings. The molecule has 0 radical (unpaired) electrons. The molecule has 0 aliphatic rings. The van der Waals surface area contributed by atoms with Crippen LogP contribution in [-0.4, -0.2) is 44.3 Å². The Hall–Kier alpha value is -4.61. The third-order valence-corrected chi connectivity index (χ3v) is 5.01. The Balaban J connectivity index is 1.20. The summed E-state index contributed by atoms with van der Waals surface area (Å²) in [5, 5.41) is 28.4. The molecule has 0 spiro atoms. The minimum Gasteiger partial charge on any atom is -0.366 e. The van der Waals surface area contributed by atoms with Gasteiger partial charge in [0.2, 0.25) is 17.6 Å². The third kappa shape index (κ3) is 5.41. The van der Waals surface area contributed by atoms with Gasteiger partial charge in [-0.3, -0.25) is 19.7 Å². The summed E-state index contributed by atoms with van der Waals surface area (Å²) in [7, 11) is 0. The third-order valence-electron chi connectivity index (χ3n) is 5.01. The molecule has 12 nitrogen and oxygen atoms in total. The van der Waals surface area contributed by atoms with Gasteiger partial charge >= 0.3 is 0 Å². The second-order valence-corrected chi connectivity index (χ2v) is 7.40. The molecule has 34 heavy (non-hydrogen) atoms. The fraction of sp³-hybridized carbons (Fsp3) is 0.227. The van der Waals surface area contributed by atoms with Gasteiger partial charge in [0, 0.05) is 49.0 Å². The average Bonchev–Trinajstić information content (AvgIpc) is 3.32. The Morgan fingerprint density at radius 2 is 1.94 bits per heavy atom. The Bertz CT molecular complexity index is 1380. The van der Waals surface area contributed by atoms with Gasteiger partial charge in [0.15, 0.2) is 5.82 Å². The Morgan fingerprint density at radius 1 is 1.12 bits per heavy atom. The first-order valence-electron chi connectivity index (χ1n) is 10.6. The molecule has 0 fully saturated rings. The molecule has 12 heteroatoms. The van der Waals surface area contributed by atoms with Crippen LogP contribution < -0.4 is 16.2 Å². The van der Waals surface area contributed by atoms with Crippen molar-refractivity contribution in [3.8, 4) is 11.4 Å². The van der Waals surface area contributed by atoms with Crippen molar-refractivity contribution >= 4 is 28.2 Å². The molecular formula is C22H21N7O5. The molecule has 0 aliphatic heterocycles. The first-order valence-corrected chi connectivity index (χ1v) is 10.6. The van der Waals surface area contributed by atoms with E-state index in [2.05, 4.69) is 31.0 Å². The number of rotatable bonds is 10. The maximum Gasteiger partial charge on any atom is 0.272 e. The zero-order valence-electron chi connectivity index (χ0n) is 18.0. The number of anilines is 1. The summed E-state index contributed by atoms with van der Waals surface area (Å²) in [6.45, 7) is 0.816. The number of fused-ring (bicyclic) bond motifs is 1. The molecule has 2 aromatic heterocycles. The molecule has 0 bridgehead atoms. The number of nitro benzene ring substituents is 1. The van der Waals surface area contributed by atoms with Crippen molar-refractivity contribution in [1.29, 1.82) is 0 Å². The number of nitro groups is 1. The van der Waals surface area contributed by atoms with Gasteiger partial charge in [0.25, 0.3) is 11.2 Å². The summed E-state index contributed by atoms with van der Waals surface area (Å²) in [6.07, 6.45) is 1.18. The van der Waals surface area contributed by atoms with E-state index in [-0.39, 0.29) is 29.4 Å². The molecule has 0 unspecified atom stereocenters. The summed E-state index contributed by atoms with van der Waals surface area (Å²) >= 11 is 0. The highest BCUT2D eigenvalue weighted by Gasteiger charge is 2.13. The second kappa shape index (κ2) is 10.3. The first kappa shape index (κ1) is 22.6. The molecule has 174 valence electrons. The van der Waals surface area contributed by atoms with E-state index in [1.54, 1.807) is 30.3 Å². The largest absolute Gasteiger partial charge is 0.366 e. The van der Waals surface area contributed by atoms with Crippen molar-refractivity contribution in [1.82, 2.24) is 25.7 Å². The van der Waals surface area contributed by atoms with E-state index in [0.717, 1.165) is 0 Å². The van der Waals surface area contributed by atoms with Crippen LogP contribution in [0.5, 0.6) is 0 Å². The van der Waals surface area contributed by atoms with Crippen molar-refractivity contribution in [3.63, 3.8) is 0 Å². The van der Waals surface area contributed by atoms with Crippen molar-refractivity contribution < 1.29 is 14.2 Å². The van der Waals surface area contributed by atoms with Gasteiger partial charge in [-0.15, -0.1) is 0 Å². The van der Waals surface area contributed by atoms with Crippen molar-refractivity contribution in [2.45, 2.75) is 19.3 Å². The molecule has 1 amide bonds. The number of nitrogens with one attached hydrogen (secondary N) is 3. The SMILES string of the molecule is O=C(CCCc1nc(-c2cccc([N+](=O)[O-])c2)no1)NCCNc1n[nH]c(=O)c2ccccc12. The van der Waals surface area contributed by atoms with Gasteiger partial charge in [-0.2, -0.15) is 10.1 Å². The van der Waals surface area contributed by atoms with E-state index in [1.165, 1.54) is 12.1 Å². The van der Waals surface area contributed by atoms with E-state index in [0.29, 0.717) is 54.0 Å². The van der Waals surface area contributed by atoms with E-state index in [9.17, 15) is 19.7 Å². The number of aryl methyl sites for hydroxylation is 1. The van der Waals surface area contributed by atoms with Crippen LogP contribution in [0, 0.1) is 10.1 Å². The number of non-ortho nitro benzene ring substituents is 1. The van der Waals surface area contributed by atoms with Gasteiger partial charge < -0.3 is 15.2 Å². The van der Waals surface area contributed by atoms with Gasteiger partial charge in [-0.1, -0.05) is 35.5 Å². The van der Waals surface area contributed by atoms with Gasteiger partial charge in [0.05, 0.1) is 10.3 Å². The quantitative estimate of drug-likeness (QED) is 0.182.